The van der Waals surface area contributed by atoms with Gasteiger partial charge in [0.15, 0.2) is 0 Å². The first-order valence-electron chi connectivity index (χ1n) is 6.87. The quantitative estimate of drug-likeness (QED) is 0.759. The summed E-state index contributed by atoms with van der Waals surface area (Å²) in [7, 11) is 0. The number of rotatable bonds is 6. The van der Waals surface area contributed by atoms with Gasteiger partial charge in [0.2, 0.25) is 0 Å². The average Bonchev–Trinajstić information content (AvgIpc) is 3.07. The molecule has 1 aromatic rings. The van der Waals surface area contributed by atoms with E-state index in [2.05, 4.69) is 15.6 Å². The Balaban J connectivity index is 1.56. The Morgan fingerprint density at radius 2 is 2.53 bits per heavy atom. The maximum Gasteiger partial charge on any atom is 0.315 e. The molecule has 0 unspecified atom stereocenters. The first-order valence-corrected chi connectivity index (χ1v) is 6.87. The summed E-state index contributed by atoms with van der Waals surface area (Å²) in [5.74, 6) is 0. The third-order valence-corrected chi connectivity index (χ3v) is 3.32. The van der Waals surface area contributed by atoms with Crippen molar-refractivity contribution >= 4 is 6.03 Å². The van der Waals surface area contributed by atoms with E-state index in [1.54, 1.807) is 12.5 Å². The minimum atomic E-state index is -0.117. The second kappa shape index (κ2) is 7.13. The lowest BCUT2D eigenvalue weighted by atomic mass is 10.1. The maximum atomic E-state index is 11.7. The van der Waals surface area contributed by atoms with Crippen LogP contribution >= 0.6 is 0 Å². The van der Waals surface area contributed by atoms with Crippen LogP contribution in [0.4, 0.5) is 4.79 Å². The number of hydrogen-bond acceptors (Lipinski definition) is 3. The van der Waals surface area contributed by atoms with Crippen molar-refractivity contribution in [1.82, 2.24) is 20.2 Å². The van der Waals surface area contributed by atoms with Crippen LogP contribution in [0.15, 0.2) is 18.7 Å². The largest absolute Gasteiger partial charge is 0.376 e. The maximum absolute atomic E-state index is 11.7. The molecule has 0 radical (unpaired) electrons. The van der Waals surface area contributed by atoms with Crippen LogP contribution in [0, 0.1) is 0 Å². The van der Waals surface area contributed by atoms with Crippen molar-refractivity contribution in [3.05, 3.63) is 18.7 Å². The number of carbonyl (C=O) groups excluding carboxylic acids is 1. The molecule has 2 N–H and O–H groups in total. The van der Waals surface area contributed by atoms with Crippen LogP contribution < -0.4 is 10.6 Å². The zero-order chi connectivity index (χ0) is 13.5. The van der Waals surface area contributed by atoms with Crippen LogP contribution in [0.3, 0.4) is 0 Å². The molecule has 1 fully saturated rings. The summed E-state index contributed by atoms with van der Waals surface area (Å²) in [6.45, 7) is 4.31. The molecule has 6 nitrogen and oxygen atoms in total. The molecule has 1 aromatic heterocycles. The highest BCUT2D eigenvalue weighted by atomic mass is 16.5. The monoisotopic (exact) mass is 266 g/mol. The molecule has 106 valence electrons. The van der Waals surface area contributed by atoms with Gasteiger partial charge >= 0.3 is 6.03 Å². The number of nitrogens with zero attached hydrogens (tertiary/aromatic N) is 2. The predicted molar refractivity (Wildman–Crippen MR) is 71.8 cm³/mol. The van der Waals surface area contributed by atoms with Crippen LogP contribution in [0.5, 0.6) is 0 Å². The van der Waals surface area contributed by atoms with Gasteiger partial charge < -0.3 is 19.9 Å². The molecular weight excluding hydrogens is 244 g/mol. The minimum absolute atomic E-state index is 0.0659. The van der Waals surface area contributed by atoms with Crippen molar-refractivity contribution in [2.24, 2.45) is 0 Å². The van der Waals surface area contributed by atoms with Crippen molar-refractivity contribution in [1.29, 1.82) is 0 Å². The van der Waals surface area contributed by atoms with Crippen LogP contribution in [0.2, 0.25) is 0 Å². The van der Waals surface area contributed by atoms with E-state index in [0.717, 1.165) is 32.4 Å². The van der Waals surface area contributed by atoms with Gasteiger partial charge in [-0.05, 0) is 26.2 Å². The van der Waals surface area contributed by atoms with Crippen LogP contribution in [0.25, 0.3) is 0 Å². The Labute approximate surface area is 113 Å². The number of carbonyl (C=O) groups is 1. The Hall–Kier alpha value is -1.56. The molecule has 1 saturated heterocycles. The number of aryl methyl sites for hydroxylation is 1. The van der Waals surface area contributed by atoms with E-state index in [9.17, 15) is 4.79 Å². The Morgan fingerprint density at radius 1 is 1.63 bits per heavy atom. The molecule has 0 aliphatic carbocycles. The Kier molecular flexibility index (Phi) is 5.20. The van der Waals surface area contributed by atoms with Crippen LogP contribution in [-0.4, -0.2) is 40.9 Å². The highest BCUT2D eigenvalue weighted by Gasteiger charge is 2.23. The Bertz CT molecular complexity index is 374. The summed E-state index contributed by atoms with van der Waals surface area (Å²) in [5, 5.41) is 5.78. The molecule has 1 aliphatic rings. The van der Waals surface area contributed by atoms with Crippen molar-refractivity contribution in [2.45, 2.75) is 44.9 Å². The van der Waals surface area contributed by atoms with Crippen molar-refractivity contribution < 1.29 is 9.53 Å². The third-order valence-electron chi connectivity index (χ3n) is 3.32. The lowest BCUT2D eigenvalue weighted by Crippen LogP contribution is -2.46. The van der Waals surface area contributed by atoms with E-state index in [1.807, 2.05) is 17.7 Å². The fourth-order valence-electron chi connectivity index (χ4n) is 2.23. The topological polar surface area (TPSA) is 68.2 Å². The highest BCUT2D eigenvalue weighted by Crippen LogP contribution is 2.15. The van der Waals surface area contributed by atoms with Crippen molar-refractivity contribution in [3.63, 3.8) is 0 Å². The first kappa shape index (κ1) is 13.9. The van der Waals surface area contributed by atoms with Gasteiger partial charge in [0, 0.05) is 32.1 Å². The second-order valence-corrected chi connectivity index (χ2v) is 4.89. The molecule has 1 aliphatic heterocycles. The SMILES string of the molecule is C[C@@H](NC(=O)NCCCn1ccnc1)[C@H]1CCCO1. The fraction of sp³-hybridized carbons (Fsp3) is 0.692. The number of ether oxygens (including phenoxy) is 1. The van der Waals surface area contributed by atoms with Gasteiger partial charge in [-0.1, -0.05) is 0 Å². The number of aromatic nitrogens is 2. The van der Waals surface area contributed by atoms with Gasteiger partial charge in [0.1, 0.15) is 0 Å². The summed E-state index contributed by atoms with van der Waals surface area (Å²) in [5.41, 5.74) is 0. The number of urea groups is 1. The molecule has 2 rings (SSSR count). The summed E-state index contributed by atoms with van der Waals surface area (Å²) in [6.07, 6.45) is 8.61. The van der Waals surface area contributed by atoms with E-state index >= 15 is 0 Å². The highest BCUT2D eigenvalue weighted by molar-refractivity contribution is 5.74. The normalized spacial score (nSPS) is 20.2. The smallest absolute Gasteiger partial charge is 0.315 e. The predicted octanol–water partition coefficient (Wildman–Crippen LogP) is 1.14. The van der Waals surface area contributed by atoms with Crippen LogP contribution in [-0.2, 0) is 11.3 Å². The van der Waals surface area contributed by atoms with E-state index in [1.165, 1.54) is 0 Å². The molecule has 19 heavy (non-hydrogen) atoms. The molecule has 0 aromatic carbocycles. The zero-order valence-corrected chi connectivity index (χ0v) is 11.3. The number of nitrogens with one attached hydrogen (secondary N) is 2. The van der Waals surface area contributed by atoms with E-state index in [-0.39, 0.29) is 18.2 Å². The van der Waals surface area contributed by atoms with Gasteiger partial charge in [-0.2, -0.15) is 0 Å². The molecule has 0 spiro atoms. The molecule has 6 heteroatoms. The molecule has 0 saturated carbocycles. The molecular formula is C13H22N4O2. The van der Waals surface area contributed by atoms with Crippen molar-refractivity contribution in [3.8, 4) is 0 Å². The molecule has 2 heterocycles. The number of hydrogen-bond donors (Lipinski definition) is 2. The standard InChI is InChI=1S/C13H22N4O2/c1-11(12-4-2-9-19-12)16-13(18)15-5-3-7-17-8-6-14-10-17/h6,8,10-12H,2-5,7,9H2,1H3,(H2,15,16,18)/t11-,12-/m1/s1. The summed E-state index contributed by atoms with van der Waals surface area (Å²) >= 11 is 0. The lowest BCUT2D eigenvalue weighted by Gasteiger charge is -2.20. The van der Waals surface area contributed by atoms with E-state index in [0.29, 0.717) is 6.54 Å². The third kappa shape index (κ3) is 4.55. The molecule has 0 bridgehead atoms. The van der Waals surface area contributed by atoms with E-state index < -0.39 is 0 Å². The minimum Gasteiger partial charge on any atom is -0.376 e. The molecule has 2 amide bonds. The second-order valence-electron chi connectivity index (χ2n) is 4.89. The van der Waals surface area contributed by atoms with Gasteiger partial charge in [0.25, 0.3) is 0 Å². The number of amides is 2. The lowest BCUT2D eigenvalue weighted by molar-refractivity contribution is 0.0860. The number of imidazole rings is 1. The van der Waals surface area contributed by atoms with Gasteiger partial charge in [-0.15, -0.1) is 0 Å². The van der Waals surface area contributed by atoms with E-state index in [4.69, 9.17) is 4.74 Å². The van der Waals surface area contributed by atoms with Gasteiger partial charge in [-0.25, -0.2) is 9.78 Å². The average molecular weight is 266 g/mol. The van der Waals surface area contributed by atoms with Crippen LogP contribution in [0.1, 0.15) is 26.2 Å². The van der Waals surface area contributed by atoms with Gasteiger partial charge in [-0.3, -0.25) is 0 Å². The van der Waals surface area contributed by atoms with Crippen molar-refractivity contribution in [2.75, 3.05) is 13.2 Å². The Morgan fingerprint density at radius 3 is 3.21 bits per heavy atom. The molecule has 2 atom stereocenters. The summed E-state index contributed by atoms with van der Waals surface area (Å²) < 4.78 is 7.53. The zero-order valence-electron chi connectivity index (χ0n) is 11.3. The summed E-state index contributed by atoms with van der Waals surface area (Å²) in [6, 6.07) is -0.0511. The first-order chi connectivity index (χ1) is 9.25. The van der Waals surface area contributed by atoms with Gasteiger partial charge in [0.05, 0.1) is 18.5 Å². The summed E-state index contributed by atoms with van der Waals surface area (Å²) in [4.78, 5) is 15.6. The fourth-order valence-corrected chi connectivity index (χ4v) is 2.23.